The van der Waals surface area contributed by atoms with Gasteiger partial charge in [-0.15, -0.1) is 0 Å². The van der Waals surface area contributed by atoms with Gasteiger partial charge >= 0.3 is 0 Å². The van der Waals surface area contributed by atoms with Crippen LogP contribution in [0.5, 0.6) is 0 Å². The van der Waals surface area contributed by atoms with Crippen molar-refractivity contribution in [2.75, 3.05) is 32.1 Å². The van der Waals surface area contributed by atoms with Gasteiger partial charge in [0.15, 0.2) is 0 Å². The van der Waals surface area contributed by atoms with Crippen molar-refractivity contribution in [3.8, 4) is 0 Å². The van der Waals surface area contributed by atoms with Crippen LogP contribution < -0.4 is 5.32 Å². The number of benzene rings is 1. The van der Waals surface area contributed by atoms with Crippen LogP contribution >= 0.6 is 11.8 Å². The van der Waals surface area contributed by atoms with Gasteiger partial charge < -0.3 is 5.32 Å². The van der Waals surface area contributed by atoms with E-state index in [1.807, 2.05) is 18.4 Å². The second kappa shape index (κ2) is 8.78. The van der Waals surface area contributed by atoms with Crippen LogP contribution in [0.15, 0.2) is 29.2 Å². The zero-order valence-corrected chi connectivity index (χ0v) is 14.9. The molecule has 1 aromatic rings. The molecule has 0 fully saturated rings. The predicted molar refractivity (Wildman–Crippen MR) is 91.5 cm³/mol. The number of nitrogens with zero attached hydrogens (tertiary/aromatic N) is 1. The Morgan fingerprint density at radius 1 is 1.24 bits per heavy atom. The summed E-state index contributed by atoms with van der Waals surface area (Å²) in [5, 5.41) is 3.35. The molecule has 0 aliphatic heterocycles. The van der Waals surface area contributed by atoms with E-state index in [1.54, 1.807) is 30.9 Å². The number of sulfonamides is 1. The highest BCUT2D eigenvalue weighted by molar-refractivity contribution is 7.98. The van der Waals surface area contributed by atoms with Crippen molar-refractivity contribution < 1.29 is 8.42 Å². The average molecular weight is 331 g/mol. The van der Waals surface area contributed by atoms with E-state index in [9.17, 15) is 8.42 Å². The van der Waals surface area contributed by atoms with Gasteiger partial charge in [-0.3, -0.25) is 0 Å². The highest BCUT2D eigenvalue weighted by atomic mass is 32.2. The summed E-state index contributed by atoms with van der Waals surface area (Å²) in [6.07, 6.45) is 2.88. The molecule has 1 rings (SSSR count). The molecule has 0 aliphatic carbocycles. The van der Waals surface area contributed by atoms with Crippen LogP contribution in [0.3, 0.4) is 0 Å². The monoisotopic (exact) mass is 330 g/mol. The molecule has 0 aliphatic rings. The van der Waals surface area contributed by atoms with Gasteiger partial charge in [0.25, 0.3) is 0 Å². The average Bonchev–Trinajstić information content (AvgIpc) is 2.44. The van der Waals surface area contributed by atoms with Crippen LogP contribution in [0.1, 0.15) is 19.4 Å². The summed E-state index contributed by atoms with van der Waals surface area (Å²) >= 11 is 1.64. The van der Waals surface area contributed by atoms with Gasteiger partial charge in [-0.1, -0.05) is 26.0 Å². The number of hydrogen-bond acceptors (Lipinski definition) is 4. The molecule has 4 nitrogen and oxygen atoms in total. The Bertz CT molecular complexity index is 513. The van der Waals surface area contributed by atoms with Gasteiger partial charge in [0.1, 0.15) is 0 Å². The highest BCUT2D eigenvalue weighted by Gasteiger charge is 2.19. The van der Waals surface area contributed by atoms with E-state index in [0.29, 0.717) is 17.5 Å². The van der Waals surface area contributed by atoms with Crippen molar-refractivity contribution in [3.63, 3.8) is 0 Å². The molecule has 6 heteroatoms. The molecule has 0 amide bonds. The third-order valence-electron chi connectivity index (χ3n) is 3.21. The molecule has 0 unspecified atom stereocenters. The van der Waals surface area contributed by atoms with Crippen molar-refractivity contribution in [2.24, 2.45) is 0 Å². The van der Waals surface area contributed by atoms with Crippen LogP contribution in [0.4, 0.5) is 0 Å². The lowest BCUT2D eigenvalue weighted by Gasteiger charge is -2.16. The summed E-state index contributed by atoms with van der Waals surface area (Å²) in [5.41, 5.74) is 1.15. The minimum Gasteiger partial charge on any atom is -0.314 e. The zero-order valence-electron chi connectivity index (χ0n) is 13.3. The summed E-state index contributed by atoms with van der Waals surface area (Å²) in [4.78, 5) is 0.367. The van der Waals surface area contributed by atoms with Gasteiger partial charge in [0.05, 0.1) is 4.90 Å². The van der Waals surface area contributed by atoms with Crippen molar-refractivity contribution in [1.29, 1.82) is 0 Å². The van der Waals surface area contributed by atoms with Crippen molar-refractivity contribution in [3.05, 3.63) is 29.8 Å². The maximum atomic E-state index is 12.4. The fourth-order valence-corrected chi connectivity index (χ4v) is 3.60. The molecule has 0 saturated heterocycles. The summed E-state index contributed by atoms with van der Waals surface area (Å²) in [7, 11) is -1.73. The van der Waals surface area contributed by atoms with Crippen LogP contribution in [0, 0.1) is 0 Å². The molecule has 1 N–H and O–H groups in total. The Hall–Kier alpha value is -0.560. The van der Waals surface area contributed by atoms with Gasteiger partial charge in [-0.05, 0) is 36.9 Å². The Morgan fingerprint density at radius 2 is 1.86 bits per heavy atom. The first-order chi connectivity index (χ1) is 9.87. The van der Waals surface area contributed by atoms with E-state index in [0.717, 1.165) is 24.3 Å². The molecule has 0 radical (unpaired) electrons. The molecule has 1 aromatic carbocycles. The Balaban J connectivity index is 2.68. The topological polar surface area (TPSA) is 49.4 Å². The maximum Gasteiger partial charge on any atom is 0.242 e. The van der Waals surface area contributed by atoms with E-state index in [1.165, 1.54) is 4.31 Å². The fourth-order valence-electron chi connectivity index (χ4n) is 1.85. The second-order valence-corrected chi connectivity index (χ2v) is 8.35. The van der Waals surface area contributed by atoms with E-state index >= 15 is 0 Å². The molecular weight excluding hydrogens is 304 g/mol. The van der Waals surface area contributed by atoms with Crippen molar-refractivity contribution >= 4 is 21.8 Å². The number of thioether (sulfide) groups is 1. The van der Waals surface area contributed by atoms with Crippen molar-refractivity contribution in [2.45, 2.75) is 31.2 Å². The minimum absolute atomic E-state index is 0.367. The Morgan fingerprint density at radius 3 is 2.38 bits per heavy atom. The molecule has 120 valence electrons. The van der Waals surface area contributed by atoms with Gasteiger partial charge in [-0.25, -0.2) is 12.7 Å². The van der Waals surface area contributed by atoms with E-state index in [2.05, 4.69) is 19.2 Å². The second-order valence-electron chi connectivity index (χ2n) is 5.32. The molecule has 0 saturated carbocycles. The normalized spacial score (nSPS) is 12.3. The van der Waals surface area contributed by atoms with Gasteiger partial charge in [0.2, 0.25) is 10.0 Å². The first-order valence-corrected chi connectivity index (χ1v) is 9.99. The summed E-state index contributed by atoms with van der Waals surface area (Å²) in [5.74, 6) is 0.800. The summed E-state index contributed by atoms with van der Waals surface area (Å²) < 4.78 is 26.1. The van der Waals surface area contributed by atoms with Crippen LogP contribution in [-0.2, 0) is 16.4 Å². The third-order valence-corrected chi connectivity index (χ3v) is 5.67. The van der Waals surface area contributed by atoms with Gasteiger partial charge in [-0.2, -0.15) is 11.8 Å². The largest absolute Gasteiger partial charge is 0.314 e. The summed E-state index contributed by atoms with van der Waals surface area (Å²) in [6, 6.07) is 7.68. The molecule has 0 aromatic heterocycles. The molecule has 0 spiro atoms. The summed E-state index contributed by atoms with van der Waals surface area (Å²) in [6.45, 7) is 5.65. The lowest BCUT2D eigenvalue weighted by molar-refractivity contribution is 0.488. The number of rotatable bonds is 9. The standard InChI is InChI=1S/C15H26N2O2S2/c1-13(2)16-10-9-14-5-7-15(8-6-14)21(18,19)17(3)11-12-20-4/h5-8,13,16H,9-12H2,1-4H3. The van der Waals surface area contributed by atoms with E-state index in [4.69, 9.17) is 0 Å². The first kappa shape index (κ1) is 18.5. The molecule has 21 heavy (non-hydrogen) atoms. The lowest BCUT2D eigenvalue weighted by atomic mass is 10.1. The number of nitrogens with one attached hydrogen (secondary N) is 1. The SMILES string of the molecule is CSCCN(C)S(=O)(=O)c1ccc(CCNC(C)C)cc1. The molecule has 0 atom stereocenters. The minimum atomic E-state index is -3.36. The van der Waals surface area contributed by atoms with Crippen LogP contribution in [0.2, 0.25) is 0 Å². The van der Waals surface area contributed by atoms with Crippen LogP contribution in [-0.4, -0.2) is 50.9 Å². The zero-order chi connectivity index (χ0) is 15.9. The Kier molecular flexibility index (Phi) is 7.73. The Labute approximate surface area is 133 Å². The van der Waals surface area contributed by atoms with E-state index < -0.39 is 10.0 Å². The smallest absolute Gasteiger partial charge is 0.242 e. The fraction of sp³-hybridized carbons (Fsp3) is 0.600. The van der Waals surface area contributed by atoms with Crippen LogP contribution in [0.25, 0.3) is 0 Å². The molecule has 0 bridgehead atoms. The van der Waals surface area contributed by atoms with Crippen molar-refractivity contribution in [1.82, 2.24) is 9.62 Å². The molecular formula is C15H26N2O2S2. The maximum absolute atomic E-state index is 12.4. The number of hydrogen-bond donors (Lipinski definition) is 1. The highest BCUT2D eigenvalue weighted by Crippen LogP contribution is 2.15. The molecule has 0 heterocycles. The first-order valence-electron chi connectivity index (χ1n) is 7.15. The lowest BCUT2D eigenvalue weighted by Crippen LogP contribution is -2.29. The quantitative estimate of drug-likeness (QED) is 0.754. The predicted octanol–water partition coefficient (Wildman–Crippen LogP) is 2.21. The van der Waals surface area contributed by atoms with Gasteiger partial charge in [0, 0.05) is 25.4 Å². The van der Waals surface area contributed by atoms with E-state index in [-0.39, 0.29) is 0 Å². The third kappa shape index (κ3) is 5.98.